The fraction of sp³-hybridized carbons (Fsp3) is 0.700. The molecule has 0 spiro atoms. The second kappa shape index (κ2) is 4.00. The molecule has 0 saturated carbocycles. The highest BCUT2D eigenvalue weighted by Gasteiger charge is 2.38. The number of nitrogens with one attached hydrogen (secondary N) is 1. The van der Waals surface area contributed by atoms with Gasteiger partial charge in [-0.05, 0) is 27.2 Å². The molecule has 1 saturated heterocycles. The van der Waals surface area contributed by atoms with Crippen LogP contribution >= 0.6 is 0 Å². The predicted molar refractivity (Wildman–Crippen MR) is 55.1 cm³/mol. The minimum absolute atomic E-state index is 0.341. The normalized spacial score (nSPS) is 20.5. The average Bonchev–Trinajstić information content (AvgIpc) is 1.97. The molecule has 0 aromatic rings. The molecular weight excluding hydrogens is 196 g/mol. The Morgan fingerprint density at radius 2 is 2.07 bits per heavy atom. The summed E-state index contributed by atoms with van der Waals surface area (Å²) in [6.07, 6.45) is 0.892. The average molecular weight is 212 g/mol. The van der Waals surface area contributed by atoms with E-state index < -0.39 is 17.7 Å². The fourth-order valence-corrected chi connectivity index (χ4v) is 1.32. The number of ketones is 1. The van der Waals surface area contributed by atoms with Crippen molar-refractivity contribution >= 4 is 18.1 Å². The summed E-state index contributed by atoms with van der Waals surface area (Å²) in [5.74, 6) is -0.341. The van der Waals surface area contributed by atoms with Crippen molar-refractivity contribution in [2.45, 2.75) is 38.8 Å². The molecule has 1 heterocycles. The molecule has 0 bridgehead atoms. The van der Waals surface area contributed by atoms with Crippen molar-refractivity contribution in [3.05, 3.63) is 0 Å². The Bertz CT molecular complexity index is 294. The van der Waals surface area contributed by atoms with Crippen molar-refractivity contribution in [3.63, 3.8) is 0 Å². The Morgan fingerprint density at radius 1 is 1.47 bits per heavy atom. The first kappa shape index (κ1) is 11.7. The van der Waals surface area contributed by atoms with Crippen molar-refractivity contribution < 1.29 is 14.3 Å². The molecule has 1 aliphatic heterocycles. The van der Waals surface area contributed by atoms with E-state index in [0.717, 1.165) is 6.21 Å². The number of nitrogens with zero attached hydrogens (tertiary/aromatic N) is 1. The summed E-state index contributed by atoms with van der Waals surface area (Å²) in [6.45, 7) is 5.85. The summed E-state index contributed by atoms with van der Waals surface area (Å²) in [4.78, 5) is 24.1. The molecule has 0 unspecified atom stereocenters. The van der Waals surface area contributed by atoms with E-state index in [2.05, 4.69) is 0 Å². The number of hydrogen-bond donors (Lipinski definition) is 1. The lowest BCUT2D eigenvalue weighted by Gasteiger charge is -2.39. The number of amides is 1. The molecule has 0 aliphatic carbocycles. The molecule has 0 radical (unpaired) electrons. The van der Waals surface area contributed by atoms with Crippen molar-refractivity contribution in [3.8, 4) is 0 Å². The van der Waals surface area contributed by atoms with Gasteiger partial charge in [-0.2, -0.15) is 0 Å². The number of likely N-dealkylation sites (tertiary alicyclic amines) is 1. The zero-order valence-electron chi connectivity index (χ0n) is 9.24. The largest absolute Gasteiger partial charge is 0.444 e. The zero-order chi connectivity index (χ0) is 11.6. The van der Waals surface area contributed by atoms with Gasteiger partial charge < -0.3 is 10.1 Å². The molecule has 1 atom stereocenters. The van der Waals surface area contributed by atoms with Crippen LogP contribution in [0.5, 0.6) is 0 Å². The van der Waals surface area contributed by atoms with Crippen LogP contribution < -0.4 is 0 Å². The van der Waals surface area contributed by atoms with Gasteiger partial charge in [0.05, 0.1) is 6.21 Å². The monoisotopic (exact) mass is 212 g/mol. The predicted octanol–water partition coefficient (Wildman–Crippen LogP) is 1.21. The van der Waals surface area contributed by atoms with Crippen LogP contribution in [0, 0.1) is 5.41 Å². The lowest BCUT2D eigenvalue weighted by Crippen LogP contribution is -2.56. The van der Waals surface area contributed by atoms with Crippen LogP contribution in [0.3, 0.4) is 0 Å². The standard InChI is InChI=1S/C10H16N2O3/c1-10(2,3)15-9(14)12-5-4-7(12)8(13)6-11/h6-7,11H,4-5H2,1-3H3/t7-/m0/s1. The van der Waals surface area contributed by atoms with Crippen molar-refractivity contribution in [1.29, 1.82) is 5.41 Å². The maximum Gasteiger partial charge on any atom is 0.410 e. The van der Waals surface area contributed by atoms with Gasteiger partial charge in [-0.3, -0.25) is 9.69 Å². The molecule has 1 aliphatic rings. The Hall–Kier alpha value is -1.39. The number of carbonyl (C=O) groups excluding carboxylic acids is 2. The number of ether oxygens (including phenoxy) is 1. The molecule has 15 heavy (non-hydrogen) atoms. The minimum Gasteiger partial charge on any atom is -0.444 e. The number of hydrogen-bond acceptors (Lipinski definition) is 4. The molecular formula is C10H16N2O3. The first-order valence-corrected chi connectivity index (χ1v) is 4.89. The van der Waals surface area contributed by atoms with Gasteiger partial charge in [-0.15, -0.1) is 0 Å². The number of Topliss-reactive ketones (excluding diaryl/α,β-unsaturated/α-hetero) is 1. The van der Waals surface area contributed by atoms with Gasteiger partial charge in [-0.25, -0.2) is 4.79 Å². The van der Waals surface area contributed by atoms with E-state index in [9.17, 15) is 9.59 Å². The van der Waals surface area contributed by atoms with Gasteiger partial charge in [0.1, 0.15) is 11.6 Å². The summed E-state index contributed by atoms with van der Waals surface area (Å²) in [5.41, 5.74) is -0.551. The molecule has 0 aromatic heterocycles. The third-order valence-corrected chi connectivity index (χ3v) is 2.12. The van der Waals surface area contributed by atoms with Gasteiger partial charge in [0.2, 0.25) is 0 Å². The van der Waals surface area contributed by atoms with Gasteiger partial charge in [0.15, 0.2) is 5.78 Å². The highest BCUT2D eigenvalue weighted by Crippen LogP contribution is 2.21. The fourth-order valence-electron chi connectivity index (χ4n) is 1.32. The van der Waals surface area contributed by atoms with E-state index in [4.69, 9.17) is 10.1 Å². The summed E-state index contributed by atoms with van der Waals surface area (Å²) < 4.78 is 5.13. The van der Waals surface area contributed by atoms with Gasteiger partial charge in [0.25, 0.3) is 0 Å². The molecule has 84 valence electrons. The maximum atomic E-state index is 11.5. The number of carbonyl (C=O) groups is 2. The molecule has 1 fully saturated rings. The molecule has 1 rings (SSSR count). The SMILES string of the molecule is CC(C)(C)OC(=O)N1CC[C@H]1C(=O)C=N. The highest BCUT2D eigenvalue weighted by atomic mass is 16.6. The third-order valence-electron chi connectivity index (χ3n) is 2.12. The van der Waals surface area contributed by atoms with Crippen LogP contribution in [0.2, 0.25) is 0 Å². The lowest BCUT2D eigenvalue weighted by molar-refractivity contribution is -0.121. The van der Waals surface area contributed by atoms with Gasteiger partial charge in [-0.1, -0.05) is 0 Å². The summed E-state index contributed by atoms with van der Waals surface area (Å²) in [7, 11) is 0. The first-order chi connectivity index (χ1) is 6.85. The van der Waals surface area contributed by atoms with Crippen molar-refractivity contribution in [2.24, 2.45) is 0 Å². The van der Waals surface area contributed by atoms with Gasteiger partial charge >= 0.3 is 6.09 Å². The van der Waals surface area contributed by atoms with E-state index in [1.165, 1.54) is 4.90 Å². The van der Waals surface area contributed by atoms with Crippen molar-refractivity contribution in [2.75, 3.05) is 6.54 Å². The van der Waals surface area contributed by atoms with Crippen LogP contribution in [0.15, 0.2) is 0 Å². The smallest absolute Gasteiger partial charge is 0.410 e. The summed E-state index contributed by atoms with van der Waals surface area (Å²) in [6, 6.07) is -0.489. The van der Waals surface area contributed by atoms with Crippen molar-refractivity contribution in [1.82, 2.24) is 4.90 Å². The van der Waals surface area contributed by atoms with E-state index in [0.29, 0.717) is 13.0 Å². The second-order valence-electron chi connectivity index (χ2n) is 4.52. The first-order valence-electron chi connectivity index (χ1n) is 4.89. The van der Waals surface area contributed by atoms with E-state index in [1.54, 1.807) is 20.8 Å². The lowest BCUT2D eigenvalue weighted by atomic mass is 10.00. The molecule has 5 nitrogen and oxygen atoms in total. The highest BCUT2D eigenvalue weighted by molar-refractivity contribution is 6.29. The Kier molecular flexibility index (Phi) is 3.12. The Morgan fingerprint density at radius 3 is 2.40 bits per heavy atom. The Labute approximate surface area is 88.9 Å². The quantitative estimate of drug-likeness (QED) is 0.699. The third kappa shape index (κ3) is 2.78. The zero-order valence-corrected chi connectivity index (χ0v) is 9.24. The van der Waals surface area contributed by atoms with Crippen LogP contribution in [0.4, 0.5) is 4.79 Å². The van der Waals surface area contributed by atoms with E-state index in [1.807, 2.05) is 0 Å². The van der Waals surface area contributed by atoms with Crippen LogP contribution in [0.1, 0.15) is 27.2 Å². The molecule has 0 aromatic carbocycles. The summed E-state index contributed by atoms with van der Waals surface area (Å²) >= 11 is 0. The van der Waals surface area contributed by atoms with Crippen LogP contribution in [-0.2, 0) is 9.53 Å². The van der Waals surface area contributed by atoms with Gasteiger partial charge in [0, 0.05) is 6.54 Å². The summed E-state index contributed by atoms with van der Waals surface area (Å²) in [5, 5.41) is 6.83. The number of rotatable bonds is 2. The van der Waals surface area contributed by atoms with E-state index in [-0.39, 0.29) is 5.78 Å². The van der Waals surface area contributed by atoms with E-state index >= 15 is 0 Å². The topological polar surface area (TPSA) is 70.5 Å². The van der Waals surface area contributed by atoms with Crippen LogP contribution in [-0.4, -0.2) is 41.2 Å². The molecule has 1 N–H and O–H groups in total. The molecule has 1 amide bonds. The maximum absolute atomic E-state index is 11.5. The minimum atomic E-state index is -0.551. The van der Waals surface area contributed by atoms with Crippen LogP contribution in [0.25, 0.3) is 0 Å². The molecule has 5 heteroatoms. The second-order valence-corrected chi connectivity index (χ2v) is 4.52. The Balaban J connectivity index is 2.55.